The summed E-state index contributed by atoms with van der Waals surface area (Å²) in [5, 5.41) is 7.63. The second-order valence-electron chi connectivity index (χ2n) is 7.53. The number of thiocarbonyl (C=S) groups is 1. The summed E-state index contributed by atoms with van der Waals surface area (Å²) in [4.78, 5) is 2.74. The molecule has 2 aliphatic heterocycles. The molecule has 0 amide bonds. The zero-order chi connectivity index (χ0) is 17.8. The third-order valence-electron chi connectivity index (χ3n) is 5.70. The van der Waals surface area contributed by atoms with Crippen molar-refractivity contribution < 1.29 is 0 Å². The van der Waals surface area contributed by atoms with Gasteiger partial charge in [0.1, 0.15) is 0 Å². The maximum absolute atomic E-state index is 5.55. The van der Waals surface area contributed by atoms with Gasteiger partial charge >= 0.3 is 0 Å². The van der Waals surface area contributed by atoms with Gasteiger partial charge in [-0.1, -0.05) is 55.0 Å². The van der Waals surface area contributed by atoms with Gasteiger partial charge in [-0.25, -0.2) is 0 Å². The molecule has 0 radical (unpaired) electrons. The topological polar surface area (TPSA) is 27.3 Å². The highest BCUT2D eigenvalue weighted by atomic mass is 32.1. The van der Waals surface area contributed by atoms with Crippen molar-refractivity contribution >= 4 is 23.0 Å². The van der Waals surface area contributed by atoms with Crippen LogP contribution in [-0.2, 0) is 6.54 Å². The fourth-order valence-corrected chi connectivity index (χ4v) is 4.81. The molecule has 2 aliphatic rings. The molecule has 2 N–H and O–H groups in total. The van der Waals surface area contributed by atoms with Gasteiger partial charge in [-0.15, -0.1) is 0 Å². The molecular weight excluding hydrogens is 338 g/mol. The van der Waals surface area contributed by atoms with E-state index in [4.69, 9.17) is 12.2 Å². The van der Waals surface area contributed by atoms with Gasteiger partial charge in [-0.05, 0) is 55.6 Å². The number of fused-ring (bicyclic) bond motifs is 2. The highest BCUT2D eigenvalue weighted by molar-refractivity contribution is 7.80. The highest BCUT2D eigenvalue weighted by Gasteiger charge is 2.38. The first-order valence-corrected chi connectivity index (χ1v) is 10.1. The Morgan fingerprint density at radius 1 is 0.923 bits per heavy atom. The van der Waals surface area contributed by atoms with Crippen molar-refractivity contribution in [1.82, 2.24) is 10.2 Å². The van der Waals surface area contributed by atoms with Crippen LogP contribution >= 0.6 is 12.2 Å². The normalized spacial score (nSPS) is 25.5. The molecule has 0 aliphatic carbocycles. The predicted molar refractivity (Wildman–Crippen MR) is 112 cm³/mol. The monoisotopic (exact) mass is 365 g/mol. The fourth-order valence-electron chi connectivity index (χ4n) is 4.52. The van der Waals surface area contributed by atoms with Crippen molar-refractivity contribution in [3.05, 3.63) is 66.2 Å². The number of para-hydroxylation sites is 1. The maximum Gasteiger partial charge on any atom is 0.170 e. The zero-order valence-electron chi connectivity index (χ0n) is 15.1. The van der Waals surface area contributed by atoms with Crippen LogP contribution in [0.2, 0.25) is 0 Å². The molecule has 2 aromatic rings. The van der Waals surface area contributed by atoms with Crippen LogP contribution in [0.15, 0.2) is 60.7 Å². The molecule has 4 rings (SSSR count). The van der Waals surface area contributed by atoms with Crippen molar-refractivity contribution in [3.63, 3.8) is 0 Å². The summed E-state index contributed by atoms with van der Waals surface area (Å²) in [7, 11) is 0. The smallest absolute Gasteiger partial charge is 0.170 e. The average molecular weight is 366 g/mol. The van der Waals surface area contributed by atoms with Crippen LogP contribution in [0.3, 0.4) is 0 Å². The number of hydrogen-bond acceptors (Lipinski definition) is 2. The maximum atomic E-state index is 5.55. The second-order valence-corrected chi connectivity index (χ2v) is 7.94. The molecule has 26 heavy (non-hydrogen) atoms. The van der Waals surface area contributed by atoms with Crippen LogP contribution in [0.1, 0.15) is 37.7 Å². The number of benzene rings is 2. The Balaban J connectivity index is 1.36. The van der Waals surface area contributed by atoms with E-state index in [0.717, 1.165) is 17.3 Å². The third-order valence-corrected chi connectivity index (χ3v) is 5.92. The van der Waals surface area contributed by atoms with Gasteiger partial charge in [0.05, 0.1) is 0 Å². The Hall–Kier alpha value is -1.91. The quantitative estimate of drug-likeness (QED) is 0.777. The summed E-state index contributed by atoms with van der Waals surface area (Å²) >= 11 is 5.55. The van der Waals surface area contributed by atoms with E-state index in [9.17, 15) is 0 Å². The van der Waals surface area contributed by atoms with E-state index in [2.05, 4.69) is 45.9 Å². The zero-order valence-corrected chi connectivity index (χ0v) is 15.9. The number of nitrogens with one attached hydrogen (secondary N) is 2. The molecular formula is C22H27N3S. The average Bonchev–Trinajstić information content (AvgIpc) is 2.64. The molecule has 2 atom stereocenters. The third kappa shape index (κ3) is 4.25. The largest absolute Gasteiger partial charge is 0.360 e. The molecule has 0 unspecified atom stereocenters. The summed E-state index contributed by atoms with van der Waals surface area (Å²) in [5.41, 5.74) is 2.48. The summed E-state index contributed by atoms with van der Waals surface area (Å²) in [6.45, 7) is 1.08. The fraction of sp³-hybridized carbons (Fsp3) is 0.409. The molecule has 2 heterocycles. The van der Waals surface area contributed by atoms with Gasteiger partial charge < -0.3 is 10.6 Å². The van der Waals surface area contributed by atoms with Crippen LogP contribution in [0.4, 0.5) is 5.69 Å². The van der Waals surface area contributed by atoms with E-state index in [-0.39, 0.29) is 0 Å². The predicted octanol–water partition coefficient (Wildman–Crippen LogP) is 4.56. The van der Waals surface area contributed by atoms with E-state index in [0.29, 0.717) is 18.1 Å². The van der Waals surface area contributed by atoms with E-state index < -0.39 is 0 Å². The minimum absolute atomic E-state index is 0.473. The van der Waals surface area contributed by atoms with Crippen LogP contribution in [-0.4, -0.2) is 28.1 Å². The van der Waals surface area contributed by atoms with Gasteiger partial charge in [0.15, 0.2) is 5.11 Å². The Morgan fingerprint density at radius 3 is 2.19 bits per heavy atom. The van der Waals surface area contributed by atoms with Crippen LogP contribution in [0.25, 0.3) is 0 Å². The van der Waals surface area contributed by atoms with Crippen molar-refractivity contribution in [2.45, 2.75) is 56.8 Å². The van der Waals surface area contributed by atoms with Crippen molar-refractivity contribution in [3.8, 4) is 0 Å². The Bertz CT molecular complexity index is 705. The molecule has 0 aromatic heterocycles. The summed E-state index contributed by atoms with van der Waals surface area (Å²) in [6.07, 6.45) is 6.33. The minimum Gasteiger partial charge on any atom is -0.360 e. The number of anilines is 1. The molecule has 2 aromatic carbocycles. The molecule has 3 nitrogen and oxygen atoms in total. The van der Waals surface area contributed by atoms with E-state index in [1.807, 2.05) is 30.3 Å². The first-order chi connectivity index (χ1) is 12.8. The van der Waals surface area contributed by atoms with Crippen LogP contribution < -0.4 is 10.6 Å². The van der Waals surface area contributed by atoms with Crippen LogP contribution in [0.5, 0.6) is 0 Å². The Kier molecular flexibility index (Phi) is 5.51. The molecule has 2 saturated heterocycles. The molecule has 2 fully saturated rings. The number of rotatable bonds is 4. The van der Waals surface area contributed by atoms with E-state index in [1.54, 1.807) is 0 Å². The molecule has 0 saturated carbocycles. The summed E-state index contributed by atoms with van der Waals surface area (Å²) < 4.78 is 0. The first-order valence-electron chi connectivity index (χ1n) is 9.70. The van der Waals surface area contributed by atoms with Gasteiger partial charge in [0.25, 0.3) is 0 Å². The van der Waals surface area contributed by atoms with E-state index in [1.165, 1.54) is 37.7 Å². The molecule has 0 spiro atoms. The lowest BCUT2D eigenvalue weighted by atomic mass is 9.81. The molecule has 2 bridgehead atoms. The number of piperidine rings is 2. The second kappa shape index (κ2) is 8.19. The van der Waals surface area contributed by atoms with Gasteiger partial charge in [0.2, 0.25) is 0 Å². The van der Waals surface area contributed by atoms with Gasteiger partial charge in [-0.3, -0.25) is 4.90 Å². The van der Waals surface area contributed by atoms with Crippen molar-refractivity contribution in [2.75, 3.05) is 5.32 Å². The Morgan fingerprint density at radius 2 is 1.54 bits per heavy atom. The standard InChI is InChI=1S/C22H27N3S/c26-22(23-18-10-5-2-6-11-18)24-19-14-20-12-7-13-21(15-19)25(20)16-17-8-3-1-4-9-17/h1-6,8-11,19-21H,7,12-16H2,(H2,23,24,26)/t20-,21-/m1/s1. The van der Waals surface area contributed by atoms with Crippen molar-refractivity contribution in [2.24, 2.45) is 0 Å². The van der Waals surface area contributed by atoms with Gasteiger partial charge in [0, 0.05) is 30.4 Å². The molecule has 4 heteroatoms. The van der Waals surface area contributed by atoms with Crippen LogP contribution in [0, 0.1) is 0 Å². The highest BCUT2D eigenvalue weighted by Crippen LogP contribution is 2.35. The Labute approximate surface area is 161 Å². The summed E-state index contributed by atoms with van der Waals surface area (Å²) in [6, 6.07) is 22.9. The minimum atomic E-state index is 0.473. The first kappa shape index (κ1) is 17.5. The molecule has 136 valence electrons. The van der Waals surface area contributed by atoms with E-state index >= 15 is 0 Å². The van der Waals surface area contributed by atoms with Gasteiger partial charge in [-0.2, -0.15) is 0 Å². The number of nitrogens with zero attached hydrogens (tertiary/aromatic N) is 1. The SMILES string of the molecule is S=C(Nc1ccccc1)NC1C[C@H]2CCC[C@H](C1)N2Cc1ccccc1. The lowest BCUT2D eigenvalue weighted by Gasteiger charge is -2.49. The lowest BCUT2D eigenvalue weighted by Crippen LogP contribution is -2.56. The summed E-state index contributed by atoms with van der Waals surface area (Å²) in [5.74, 6) is 0. The lowest BCUT2D eigenvalue weighted by molar-refractivity contribution is 0.0212. The number of hydrogen-bond donors (Lipinski definition) is 2. The van der Waals surface area contributed by atoms with Crippen molar-refractivity contribution in [1.29, 1.82) is 0 Å².